The van der Waals surface area contributed by atoms with Gasteiger partial charge in [-0.05, 0) is 48.0 Å². The molecule has 22 heavy (non-hydrogen) atoms. The number of hydrogen-bond donors (Lipinski definition) is 0. The second-order valence-electron chi connectivity index (χ2n) is 5.55. The van der Waals surface area contributed by atoms with Gasteiger partial charge in [-0.15, -0.1) is 0 Å². The molecule has 4 nitrogen and oxygen atoms in total. The lowest BCUT2D eigenvalue weighted by atomic mass is 10.2. The first-order valence-electron chi connectivity index (χ1n) is 7.58. The van der Waals surface area contributed by atoms with Crippen molar-refractivity contribution in [2.75, 3.05) is 39.5 Å². The van der Waals surface area contributed by atoms with Gasteiger partial charge in [0.05, 0.1) is 29.9 Å². The molecule has 1 saturated heterocycles. The molecule has 1 aromatic rings. The average molecular weight is 393 g/mol. The normalized spacial score (nSPS) is 22.7. The van der Waals surface area contributed by atoms with Crippen LogP contribution in [0.1, 0.15) is 13.8 Å². The minimum absolute atomic E-state index is 0.300. The van der Waals surface area contributed by atoms with Crippen LogP contribution < -0.4 is 4.74 Å². The van der Waals surface area contributed by atoms with Crippen LogP contribution >= 0.6 is 27.5 Å². The van der Waals surface area contributed by atoms with Gasteiger partial charge in [-0.25, -0.2) is 0 Å². The summed E-state index contributed by atoms with van der Waals surface area (Å²) in [6.45, 7) is 8.92. The van der Waals surface area contributed by atoms with Gasteiger partial charge in [0.25, 0.3) is 0 Å². The van der Waals surface area contributed by atoms with Crippen molar-refractivity contribution in [1.82, 2.24) is 4.90 Å². The monoisotopic (exact) mass is 391 g/mol. The molecule has 0 N–H and O–H groups in total. The van der Waals surface area contributed by atoms with Crippen LogP contribution in [0.2, 0.25) is 5.02 Å². The molecular formula is C16H23BrClNO3. The molecule has 0 aromatic heterocycles. The van der Waals surface area contributed by atoms with Crippen LogP contribution in [-0.2, 0) is 9.47 Å². The zero-order valence-corrected chi connectivity index (χ0v) is 15.4. The maximum absolute atomic E-state index is 5.89. The molecule has 1 aliphatic heterocycles. The van der Waals surface area contributed by atoms with Crippen molar-refractivity contribution < 1.29 is 14.2 Å². The third-order valence-electron chi connectivity index (χ3n) is 3.43. The van der Waals surface area contributed by atoms with Crippen LogP contribution in [0.4, 0.5) is 0 Å². The van der Waals surface area contributed by atoms with Gasteiger partial charge in [0.15, 0.2) is 0 Å². The molecule has 2 unspecified atom stereocenters. The minimum Gasteiger partial charge on any atom is -0.490 e. The Morgan fingerprint density at radius 3 is 2.64 bits per heavy atom. The number of morpholine rings is 1. The van der Waals surface area contributed by atoms with Gasteiger partial charge in [0.2, 0.25) is 0 Å². The molecule has 1 heterocycles. The molecule has 6 heteroatoms. The van der Waals surface area contributed by atoms with Gasteiger partial charge in [-0.1, -0.05) is 11.6 Å². The fraction of sp³-hybridized carbons (Fsp3) is 0.625. The van der Waals surface area contributed by atoms with Crippen molar-refractivity contribution in [1.29, 1.82) is 0 Å². The Balaban J connectivity index is 1.57. The molecule has 124 valence electrons. The largest absolute Gasteiger partial charge is 0.490 e. The van der Waals surface area contributed by atoms with Crippen LogP contribution in [0.3, 0.4) is 0 Å². The van der Waals surface area contributed by atoms with Gasteiger partial charge in [0, 0.05) is 24.7 Å². The average Bonchev–Trinajstić information content (AvgIpc) is 2.43. The van der Waals surface area contributed by atoms with E-state index in [-0.39, 0.29) is 0 Å². The topological polar surface area (TPSA) is 30.9 Å². The van der Waals surface area contributed by atoms with Crippen molar-refractivity contribution in [2.45, 2.75) is 26.1 Å². The summed E-state index contributed by atoms with van der Waals surface area (Å²) < 4.78 is 17.9. The van der Waals surface area contributed by atoms with E-state index in [0.717, 1.165) is 29.9 Å². The lowest BCUT2D eigenvalue weighted by Crippen LogP contribution is -2.46. The van der Waals surface area contributed by atoms with Crippen molar-refractivity contribution in [3.63, 3.8) is 0 Å². The van der Waals surface area contributed by atoms with Crippen LogP contribution in [0.25, 0.3) is 0 Å². The van der Waals surface area contributed by atoms with E-state index >= 15 is 0 Å². The highest BCUT2D eigenvalue weighted by Gasteiger charge is 2.21. The van der Waals surface area contributed by atoms with Crippen molar-refractivity contribution in [3.8, 4) is 5.75 Å². The molecule has 0 saturated carbocycles. The van der Waals surface area contributed by atoms with Gasteiger partial charge in [-0.2, -0.15) is 0 Å². The summed E-state index contributed by atoms with van der Waals surface area (Å²) in [7, 11) is 0. The molecule has 1 aliphatic rings. The molecule has 2 atom stereocenters. The summed E-state index contributed by atoms with van der Waals surface area (Å²) in [6, 6.07) is 5.48. The van der Waals surface area contributed by atoms with Crippen molar-refractivity contribution in [2.24, 2.45) is 0 Å². The standard InChI is InChI=1S/C16H23BrClNO3/c1-12-10-19(11-13(2)22-12)5-6-20-7-8-21-16-4-3-14(18)9-15(16)17/h3-4,9,12-13H,5-8,10-11H2,1-2H3. The number of halogens is 2. The van der Waals surface area contributed by atoms with E-state index in [1.165, 1.54) is 0 Å². The molecule has 0 aliphatic carbocycles. The minimum atomic E-state index is 0.300. The summed E-state index contributed by atoms with van der Waals surface area (Å²) in [4.78, 5) is 2.38. The molecule has 0 radical (unpaired) electrons. The third-order valence-corrected chi connectivity index (χ3v) is 4.28. The van der Waals surface area contributed by atoms with Gasteiger partial charge < -0.3 is 14.2 Å². The molecule has 0 bridgehead atoms. The molecular weight excluding hydrogens is 370 g/mol. The van der Waals surface area contributed by atoms with E-state index in [2.05, 4.69) is 34.7 Å². The quantitative estimate of drug-likeness (QED) is 0.663. The summed E-state index contributed by atoms with van der Waals surface area (Å²) in [5.41, 5.74) is 0. The Morgan fingerprint density at radius 1 is 1.23 bits per heavy atom. The van der Waals surface area contributed by atoms with E-state index in [0.29, 0.717) is 37.1 Å². The van der Waals surface area contributed by atoms with E-state index in [4.69, 9.17) is 25.8 Å². The van der Waals surface area contributed by atoms with Crippen LogP contribution in [0.5, 0.6) is 5.75 Å². The Morgan fingerprint density at radius 2 is 1.95 bits per heavy atom. The van der Waals surface area contributed by atoms with E-state index in [1.807, 2.05) is 18.2 Å². The van der Waals surface area contributed by atoms with Crippen molar-refractivity contribution >= 4 is 27.5 Å². The Hall–Kier alpha value is -0.330. The second kappa shape index (κ2) is 9.08. The van der Waals surface area contributed by atoms with Gasteiger partial charge in [-0.3, -0.25) is 4.90 Å². The number of nitrogens with zero attached hydrogens (tertiary/aromatic N) is 1. The molecule has 1 aromatic carbocycles. The SMILES string of the molecule is CC1CN(CCOCCOc2ccc(Cl)cc2Br)CC(C)O1. The fourth-order valence-corrected chi connectivity index (χ4v) is 3.36. The Labute approximate surface area is 145 Å². The summed E-state index contributed by atoms with van der Waals surface area (Å²) in [5, 5.41) is 0.685. The second-order valence-corrected chi connectivity index (χ2v) is 6.84. The summed E-state index contributed by atoms with van der Waals surface area (Å²) >= 11 is 9.31. The molecule has 2 rings (SSSR count). The predicted molar refractivity (Wildman–Crippen MR) is 91.9 cm³/mol. The lowest BCUT2D eigenvalue weighted by molar-refractivity contribution is -0.0734. The smallest absolute Gasteiger partial charge is 0.133 e. The zero-order chi connectivity index (χ0) is 15.9. The van der Waals surface area contributed by atoms with Gasteiger partial charge >= 0.3 is 0 Å². The van der Waals surface area contributed by atoms with E-state index in [1.54, 1.807) is 0 Å². The predicted octanol–water partition coefficient (Wildman–Crippen LogP) is 3.61. The highest BCUT2D eigenvalue weighted by atomic mass is 79.9. The van der Waals surface area contributed by atoms with Gasteiger partial charge in [0.1, 0.15) is 12.4 Å². The first kappa shape index (κ1) is 18.0. The molecule has 0 amide bonds. The van der Waals surface area contributed by atoms with Crippen molar-refractivity contribution in [3.05, 3.63) is 27.7 Å². The first-order chi connectivity index (χ1) is 10.5. The highest BCUT2D eigenvalue weighted by Crippen LogP contribution is 2.27. The maximum atomic E-state index is 5.89. The maximum Gasteiger partial charge on any atom is 0.133 e. The van der Waals surface area contributed by atoms with E-state index in [9.17, 15) is 0 Å². The van der Waals surface area contributed by atoms with E-state index < -0.39 is 0 Å². The fourth-order valence-electron chi connectivity index (χ4n) is 2.57. The zero-order valence-electron chi connectivity index (χ0n) is 13.1. The van der Waals surface area contributed by atoms with Crippen LogP contribution in [-0.4, -0.2) is 56.6 Å². The number of hydrogen-bond acceptors (Lipinski definition) is 4. The number of rotatable bonds is 7. The number of benzene rings is 1. The summed E-state index contributed by atoms with van der Waals surface area (Å²) in [6.07, 6.45) is 0.601. The highest BCUT2D eigenvalue weighted by molar-refractivity contribution is 9.10. The Kier molecular flexibility index (Phi) is 7.44. The first-order valence-corrected chi connectivity index (χ1v) is 8.75. The summed E-state index contributed by atoms with van der Waals surface area (Å²) in [5.74, 6) is 0.781. The molecule has 0 spiro atoms. The van der Waals surface area contributed by atoms with Crippen LogP contribution in [0.15, 0.2) is 22.7 Å². The lowest BCUT2D eigenvalue weighted by Gasteiger charge is -2.35. The number of ether oxygens (including phenoxy) is 3. The Bertz CT molecular complexity index is 465. The third kappa shape index (κ3) is 6.05. The van der Waals surface area contributed by atoms with Crippen LogP contribution in [0, 0.1) is 0 Å². The molecule has 1 fully saturated rings.